The Morgan fingerprint density at radius 2 is 1.88 bits per heavy atom. The lowest BCUT2D eigenvalue weighted by Crippen LogP contribution is -2.39. The number of hydrogen-bond acceptors (Lipinski definition) is 4. The van der Waals surface area contributed by atoms with Crippen molar-refractivity contribution in [2.45, 2.75) is 39.0 Å². The fourth-order valence-electron chi connectivity index (χ4n) is 4.14. The molecule has 0 atom stereocenters. The summed E-state index contributed by atoms with van der Waals surface area (Å²) < 4.78 is 8.82. The van der Waals surface area contributed by atoms with Crippen LogP contribution in [0.5, 0.6) is 0 Å². The summed E-state index contributed by atoms with van der Waals surface area (Å²) in [7, 11) is 0. The molecule has 0 aliphatic carbocycles. The number of hydrogen-bond donors (Lipinski definition) is 0. The first kappa shape index (κ1) is 21.5. The van der Waals surface area contributed by atoms with Crippen molar-refractivity contribution < 1.29 is 4.74 Å². The topological polar surface area (TPSA) is 53.2 Å². The zero-order valence-electron chi connectivity index (χ0n) is 17.5. The first-order chi connectivity index (χ1) is 15.2. The molecule has 0 radical (unpaired) electrons. The summed E-state index contributed by atoms with van der Waals surface area (Å²) in [6.07, 6.45) is 0.595. The Balaban J connectivity index is 1.86. The molecule has 2 aromatic heterocycles. The van der Waals surface area contributed by atoms with E-state index in [1.807, 2.05) is 32.0 Å². The minimum Gasteiger partial charge on any atom is -0.370 e. The molecule has 164 valence electrons. The average molecular weight is 487 g/mol. The van der Waals surface area contributed by atoms with Crippen molar-refractivity contribution in [2.24, 2.45) is 0 Å². The van der Waals surface area contributed by atoms with Crippen LogP contribution in [0.25, 0.3) is 15.9 Å². The molecule has 0 spiro atoms. The van der Waals surface area contributed by atoms with Crippen LogP contribution in [0.1, 0.15) is 29.9 Å². The van der Waals surface area contributed by atoms with Crippen molar-refractivity contribution in [1.82, 2.24) is 9.13 Å². The monoisotopic (exact) mass is 486 g/mol. The number of thiophene rings is 1. The highest BCUT2D eigenvalue weighted by molar-refractivity contribution is 7.18. The van der Waals surface area contributed by atoms with E-state index in [4.69, 9.17) is 27.9 Å². The van der Waals surface area contributed by atoms with Crippen molar-refractivity contribution in [3.05, 3.63) is 95.4 Å². The molecule has 4 aromatic rings. The quantitative estimate of drug-likeness (QED) is 0.388. The van der Waals surface area contributed by atoms with Crippen molar-refractivity contribution in [3.63, 3.8) is 0 Å². The Labute approximate surface area is 198 Å². The molecular weight excluding hydrogens is 467 g/mol. The van der Waals surface area contributed by atoms with Crippen molar-refractivity contribution >= 4 is 44.8 Å². The van der Waals surface area contributed by atoms with Gasteiger partial charge < -0.3 is 4.74 Å². The van der Waals surface area contributed by atoms with Crippen LogP contribution in [-0.2, 0) is 24.3 Å². The van der Waals surface area contributed by atoms with Gasteiger partial charge in [0.1, 0.15) is 4.83 Å². The van der Waals surface area contributed by atoms with Gasteiger partial charge in [0.25, 0.3) is 5.56 Å². The molecule has 0 fully saturated rings. The minimum absolute atomic E-state index is 0.249. The van der Waals surface area contributed by atoms with Gasteiger partial charge >= 0.3 is 5.69 Å². The second kappa shape index (κ2) is 7.89. The van der Waals surface area contributed by atoms with Gasteiger partial charge in [0, 0.05) is 21.3 Å². The van der Waals surface area contributed by atoms with Crippen molar-refractivity contribution in [1.29, 1.82) is 0 Å². The number of nitrogens with zero attached hydrogens (tertiary/aromatic N) is 2. The lowest BCUT2D eigenvalue weighted by molar-refractivity contribution is -0.0379. The van der Waals surface area contributed by atoms with Crippen LogP contribution in [0.4, 0.5) is 0 Å². The van der Waals surface area contributed by atoms with E-state index in [0.717, 1.165) is 16.0 Å². The summed E-state index contributed by atoms with van der Waals surface area (Å²) in [5, 5.41) is 1.58. The largest absolute Gasteiger partial charge is 0.370 e. The average Bonchev–Trinajstić information content (AvgIpc) is 3.10. The summed E-state index contributed by atoms with van der Waals surface area (Å²) in [5.41, 5.74) is 1.04. The Morgan fingerprint density at radius 1 is 1.09 bits per heavy atom. The fraction of sp³-hybridized carbons (Fsp3) is 0.250. The first-order valence-corrected chi connectivity index (χ1v) is 11.8. The van der Waals surface area contributed by atoms with Crippen molar-refractivity contribution in [2.75, 3.05) is 0 Å². The molecule has 0 bridgehead atoms. The van der Waals surface area contributed by atoms with E-state index in [2.05, 4.69) is 0 Å². The Hall–Kier alpha value is -2.38. The maximum Gasteiger partial charge on any atom is 0.337 e. The third-order valence-electron chi connectivity index (χ3n) is 5.71. The normalized spacial score (nSPS) is 15.1. The fourth-order valence-corrected chi connectivity index (χ4v) is 5.73. The summed E-state index contributed by atoms with van der Waals surface area (Å²) in [6, 6.07) is 14.2. The molecule has 1 aliphatic heterocycles. The van der Waals surface area contributed by atoms with Crippen LogP contribution in [0.2, 0.25) is 10.0 Å². The van der Waals surface area contributed by atoms with E-state index in [1.165, 1.54) is 15.9 Å². The van der Waals surface area contributed by atoms with E-state index in [9.17, 15) is 9.59 Å². The molecule has 5 nitrogen and oxygen atoms in total. The Bertz CT molecular complexity index is 1480. The third-order valence-corrected chi connectivity index (χ3v) is 7.54. The van der Waals surface area contributed by atoms with Crippen LogP contribution < -0.4 is 11.2 Å². The van der Waals surface area contributed by atoms with E-state index in [1.54, 1.807) is 34.9 Å². The van der Waals surface area contributed by atoms with Gasteiger partial charge in [0.2, 0.25) is 0 Å². The molecule has 0 N–H and O–H groups in total. The van der Waals surface area contributed by atoms with E-state index >= 15 is 0 Å². The highest BCUT2D eigenvalue weighted by atomic mass is 35.5. The number of benzene rings is 2. The minimum atomic E-state index is -0.427. The van der Waals surface area contributed by atoms with Gasteiger partial charge in [-0.3, -0.25) is 9.36 Å². The number of ether oxygens (including phenoxy) is 1. The zero-order chi connectivity index (χ0) is 22.6. The number of aromatic nitrogens is 2. The molecule has 0 saturated carbocycles. The third kappa shape index (κ3) is 3.61. The van der Waals surface area contributed by atoms with Crippen LogP contribution in [0, 0.1) is 0 Å². The van der Waals surface area contributed by atoms with Crippen LogP contribution in [0.15, 0.2) is 58.1 Å². The molecular formula is C24H20Cl2N2O3S. The van der Waals surface area contributed by atoms with Gasteiger partial charge in [-0.25, -0.2) is 9.36 Å². The van der Waals surface area contributed by atoms with Gasteiger partial charge in [-0.15, -0.1) is 11.3 Å². The van der Waals surface area contributed by atoms with E-state index in [0.29, 0.717) is 39.0 Å². The molecule has 3 heterocycles. The summed E-state index contributed by atoms with van der Waals surface area (Å²) in [5.74, 6) is 0. The molecule has 1 aliphatic rings. The standard InChI is InChI=1S/C24H20Cl2N2O3S/c1-24(2)11-17-19(13-31-24)32-22-20(17)21(29)28(16-8-5-7-15(25)10-16)23(30)27(22)12-14-6-3-4-9-18(14)26/h3-10H,11-13H2,1-2H3. The SMILES string of the molecule is CC1(C)Cc2c(sc3c2c(=O)n(-c2cccc(Cl)c2)c(=O)n3Cc2ccccc2Cl)CO1. The lowest BCUT2D eigenvalue weighted by atomic mass is 9.94. The summed E-state index contributed by atoms with van der Waals surface area (Å²) in [4.78, 5) is 29.0. The predicted molar refractivity (Wildman–Crippen MR) is 130 cm³/mol. The van der Waals surface area contributed by atoms with Crippen LogP contribution in [0.3, 0.4) is 0 Å². The smallest absolute Gasteiger partial charge is 0.337 e. The molecule has 0 amide bonds. The van der Waals surface area contributed by atoms with Gasteiger partial charge in [-0.05, 0) is 49.2 Å². The van der Waals surface area contributed by atoms with E-state index in [-0.39, 0.29) is 12.1 Å². The Kier molecular flexibility index (Phi) is 5.29. The molecule has 0 saturated heterocycles. The summed E-state index contributed by atoms with van der Waals surface area (Å²) in [6.45, 7) is 4.68. The van der Waals surface area contributed by atoms with Gasteiger partial charge in [-0.2, -0.15) is 0 Å². The second-order valence-electron chi connectivity index (χ2n) is 8.49. The summed E-state index contributed by atoms with van der Waals surface area (Å²) >= 11 is 14.0. The van der Waals surface area contributed by atoms with Gasteiger partial charge in [0.05, 0.1) is 29.8 Å². The Morgan fingerprint density at radius 3 is 2.62 bits per heavy atom. The predicted octanol–water partition coefficient (Wildman–Crippen LogP) is 5.42. The second-order valence-corrected chi connectivity index (χ2v) is 10.4. The van der Waals surface area contributed by atoms with Crippen LogP contribution >= 0.6 is 34.5 Å². The zero-order valence-corrected chi connectivity index (χ0v) is 19.9. The van der Waals surface area contributed by atoms with Crippen LogP contribution in [-0.4, -0.2) is 14.7 Å². The first-order valence-electron chi connectivity index (χ1n) is 10.2. The maximum atomic E-state index is 13.7. The number of fused-ring (bicyclic) bond motifs is 3. The lowest BCUT2D eigenvalue weighted by Gasteiger charge is -2.29. The van der Waals surface area contributed by atoms with Crippen molar-refractivity contribution in [3.8, 4) is 5.69 Å². The molecule has 2 aromatic carbocycles. The highest BCUT2D eigenvalue weighted by Crippen LogP contribution is 2.37. The molecule has 5 rings (SSSR count). The van der Waals surface area contributed by atoms with E-state index < -0.39 is 11.3 Å². The highest BCUT2D eigenvalue weighted by Gasteiger charge is 2.32. The maximum absolute atomic E-state index is 13.7. The van der Waals surface area contributed by atoms with Gasteiger partial charge in [0.15, 0.2) is 0 Å². The number of halogens is 2. The van der Waals surface area contributed by atoms with Gasteiger partial charge in [-0.1, -0.05) is 47.5 Å². The molecule has 32 heavy (non-hydrogen) atoms. The molecule has 0 unspecified atom stereocenters. The number of rotatable bonds is 3. The molecule has 8 heteroatoms.